The van der Waals surface area contributed by atoms with Crippen LogP contribution in [-0.2, 0) is 9.59 Å². The Morgan fingerprint density at radius 1 is 1.07 bits per heavy atom. The predicted octanol–water partition coefficient (Wildman–Crippen LogP) is 0.116. The predicted molar refractivity (Wildman–Crippen MR) is 92.8 cm³/mol. The molecular weight excluding hydrogens is 374 g/mol. The number of nitrogens with two attached hydrogens (primary N) is 1. The molecule has 0 aromatic heterocycles. The number of rotatable bonds is 3. The highest BCUT2D eigenvalue weighted by molar-refractivity contribution is 6.23. The molecule has 28 heavy (non-hydrogen) atoms. The molecule has 2 saturated heterocycles. The van der Waals surface area contributed by atoms with Gasteiger partial charge < -0.3 is 10.6 Å². The van der Waals surface area contributed by atoms with Gasteiger partial charge in [-0.25, -0.2) is 8.78 Å². The van der Waals surface area contributed by atoms with E-state index in [4.69, 9.17) is 5.73 Å². The van der Waals surface area contributed by atoms with Crippen LogP contribution in [0.1, 0.15) is 33.6 Å². The van der Waals surface area contributed by atoms with Crippen molar-refractivity contribution < 1.29 is 28.0 Å². The zero-order valence-electron chi connectivity index (χ0n) is 14.7. The molecule has 1 aromatic carbocycles. The van der Waals surface area contributed by atoms with Crippen LogP contribution in [-0.4, -0.2) is 60.1 Å². The summed E-state index contributed by atoms with van der Waals surface area (Å²) in [5, 5.41) is 2.13. The van der Waals surface area contributed by atoms with E-state index in [1.807, 2.05) is 0 Å². The van der Waals surface area contributed by atoms with E-state index in [9.17, 15) is 28.0 Å². The van der Waals surface area contributed by atoms with Crippen molar-refractivity contribution in [3.63, 3.8) is 0 Å². The Labute approximate surface area is 158 Å². The Morgan fingerprint density at radius 2 is 1.79 bits per heavy atom. The van der Waals surface area contributed by atoms with Crippen molar-refractivity contribution in [2.75, 3.05) is 18.0 Å². The van der Waals surface area contributed by atoms with Crippen molar-refractivity contribution in [3.05, 3.63) is 29.3 Å². The Morgan fingerprint density at radius 3 is 2.43 bits per heavy atom. The van der Waals surface area contributed by atoms with E-state index in [1.54, 1.807) is 11.0 Å². The summed E-state index contributed by atoms with van der Waals surface area (Å²) in [7, 11) is 0. The summed E-state index contributed by atoms with van der Waals surface area (Å²) < 4.78 is 26.1. The number of anilines is 1. The van der Waals surface area contributed by atoms with Crippen LogP contribution in [0.25, 0.3) is 0 Å². The minimum absolute atomic E-state index is 0.0374. The van der Waals surface area contributed by atoms with E-state index < -0.39 is 48.1 Å². The molecule has 148 valence electrons. The third-order valence-corrected chi connectivity index (χ3v) is 5.52. The Hall–Kier alpha value is -2.88. The molecule has 0 bridgehead atoms. The molecule has 2 fully saturated rings. The van der Waals surface area contributed by atoms with E-state index in [1.165, 1.54) is 12.1 Å². The molecule has 3 aliphatic rings. The van der Waals surface area contributed by atoms with Gasteiger partial charge in [-0.05, 0) is 24.6 Å². The molecule has 3 N–H and O–H groups in total. The van der Waals surface area contributed by atoms with Crippen LogP contribution in [0.15, 0.2) is 18.2 Å². The van der Waals surface area contributed by atoms with Crippen LogP contribution in [0.2, 0.25) is 0 Å². The molecular formula is C18H18F2N4O4. The van der Waals surface area contributed by atoms with E-state index >= 15 is 0 Å². The second-order valence-electron chi connectivity index (χ2n) is 7.24. The lowest BCUT2D eigenvalue weighted by molar-refractivity contribution is -0.136. The number of imide groups is 2. The van der Waals surface area contributed by atoms with Crippen LogP contribution in [0.5, 0.6) is 0 Å². The van der Waals surface area contributed by atoms with Crippen molar-refractivity contribution >= 4 is 29.3 Å². The third-order valence-electron chi connectivity index (χ3n) is 5.52. The minimum atomic E-state index is -2.54. The van der Waals surface area contributed by atoms with Gasteiger partial charge in [-0.2, -0.15) is 0 Å². The molecule has 3 atom stereocenters. The highest BCUT2D eigenvalue weighted by atomic mass is 19.3. The summed E-state index contributed by atoms with van der Waals surface area (Å²) in [4.78, 5) is 51.4. The fourth-order valence-electron chi connectivity index (χ4n) is 3.99. The number of nitrogens with one attached hydrogen (secondary N) is 1. The molecule has 10 heteroatoms. The number of benzene rings is 1. The summed E-state index contributed by atoms with van der Waals surface area (Å²) in [5.41, 5.74) is 6.57. The first kappa shape index (κ1) is 18.5. The molecule has 3 heterocycles. The number of hydrogen-bond donors (Lipinski definition) is 2. The number of hydrogen-bond acceptors (Lipinski definition) is 6. The summed E-state index contributed by atoms with van der Waals surface area (Å²) >= 11 is 0. The number of amides is 4. The fraction of sp³-hybridized carbons (Fsp3) is 0.444. The van der Waals surface area contributed by atoms with E-state index in [2.05, 4.69) is 5.32 Å². The molecule has 0 spiro atoms. The standard InChI is InChI=1S/C18H18F2N4O4/c19-15(20)11-6-23(7-12(11)21)8-1-2-9-10(5-8)18(28)24(17(9)27)13-3-4-14(25)22-16(13)26/h1-2,5,11-13,15H,3-4,6-7,21H2,(H,22,25,26)/t11-,12-,13?/m1/s1. The van der Waals surface area contributed by atoms with Gasteiger partial charge in [0.2, 0.25) is 18.2 Å². The molecule has 8 nitrogen and oxygen atoms in total. The average molecular weight is 392 g/mol. The van der Waals surface area contributed by atoms with Crippen molar-refractivity contribution in [3.8, 4) is 0 Å². The first-order valence-electron chi connectivity index (χ1n) is 8.92. The zero-order chi connectivity index (χ0) is 20.2. The van der Waals surface area contributed by atoms with Crippen molar-refractivity contribution in [1.29, 1.82) is 0 Å². The van der Waals surface area contributed by atoms with E-state index in [0.717, 1.165) is 4.90 Å². The normalized spacial score (nSPS) is 27.6. The Balaban J connectivity index is 1.60. The molecule has 0 radical (unpaired) electrons. The molecule has 1 unspecified atom stereocenters. The minimum Gasteiger partial charge on any atom is -0.369 e. The number of carbonyl (C=O) groups is 4. The van der Waals surface area contributed by atoms with Crippen molar-refractivity contribution in [2.24, 2.45) is 11.7 Å². The smallest absolute Gasteiger partial charge is 0.262 e. The third kappa shape index (κ3) is 2.84. The van der Waals surface area contributed by atoms with E-state index in [-0.39, 0.29) is 37.1 Å². The lowest BCUT2D eigenvalue weighted by Gasteiger charge is -2.27. The second-order valence-corrected chi connectivity index (χ2v) is 7.24. The van der Waals surface area contributed by atoms with Gasteiger partial charge in [0.05, 0.1) is 17.0 Å². The van der Waals surface area contributed by atoms with Gasteiger partial charge in [0.15, 0.2) is 0 Å². The van der Waals surface area contributed by atoms with E-state index in [0.29, 0.717) is 5.69 Å². The van der Waals surface area contributed by atoms with Crippen LogP contribution in [0.4, 0.5) is 14.5 Å². The summed E-state index contributed by atoms with van der Waals surface area (Å²) in [6.07, 6.45) is -2.43. The molecule has 3 aliphatic heterocycles. The summed E-state index contributed by atoms with van der Waals surface area (Å²) in [6, 6.07) is 2.78. The maximum absolute atomic E-state index is 13.1. The number of carbonyl (C=O) groups excluding carboxylic acids is 4. The van der Waals surface area contributed by atoms with Crippen molar-refractivity contribution in [2.45, 2.75) is 31.4 Å². The first-order chi connectivity index (χ1) is 13.3. The van der Waals surface area contributed by atoms with Crippen LogP contribution < -0.4 is 16.0 Å². The molecule has 4 amide bonds. The highest BCUT2D eigenvalue weighted by Gasteiger charge is 2.45. The number of alkyl halides is 2. The Bertz CT molecular complexity index is 890. The average Bonchev–Trinajstić information content (AvgIpc) is 3.14. The number of piperidine rings is 1. The maximum Gasteiger partial charge on any atom is 0.262 e. The fourth-order valence-corrected chi connectivity index (χ4v) is 3.99. The lowest BCUT2D eigenvalue weighted by atomic mass is 10.0. The topological polar surface area (TPSA) is 113 Å². The summed E-state index contributed by atoms with van der Waals surface area (Å²) in [5.74, 6) is -3.34. The van der Waals surface area contributed by atoms with Gasteiger partial charge in [0.25, 0.3) is 11.8 Å². The molecule has 1 aromatic rings. The maximum atomic E-state index is 13.1. The van der Waals surface area contributed by atoms with Crippen LogP contribution >= 0.6 is 0 Å². The largest absolute Gasteiger partial charge is 0.369 e. The van der Waals surface area contributed by atoms with Gasteiger partial charge in [-0.3, -0.25) is 29.4 Å². The summed E-state index contributed by atoms with van der Waals surface area (Å²) in [6.45, 7) is 0.267. The van der Waals surface area contributed by atoms with Gasteiger partial charge >= 0.3 is 0 Å². The van der Waals surface area contributed by atoms with Crippen molar-refractivity contribution in [1.82, 2.24) is 10.2 Å². The first-order valence-corrected chi connectivity index (χ1v) is 8.92. The Kier molecular flexibility index (Phi) is 4.37. The highest BCUT2D eigenvalue weighted by Crippen LogP contribution is 2.33. The molecule has 0 saturated carbocycles. The van der Waals surface area contributed by atoms with Gasteiger partial charge in [0, 0.05) is 31.2 Å². The van der Waals surface area contributed by atoms with Crippen LogP contribution in [0.3, 0.4) is 0 Å². The molecule has 4 rings (SSSR count). The molecule has 0 aliphatic carbocycles. The second kappa shape index (κ2) is 6.62. The van der Waals surface area contributed by atoms with Gasteiger partial charge in [-0.1, -0.05) is 0 Å². The number of nitrogens with zero attached hydrogens (tertiary/aromatic N) is 2. The SMILES string of the molecule is N[C@@H]1CN(c2ccc3c(c2)C(=O)N(C2CCC(=O)NC2=O)C3=O)C[C@H]1C(F)F. The number of fused-ring (bicyclic) bond motifs is 1. The number of halogens is 2. The van der Waals surface area contributed by atoms with Gasteiger partial charge in [0.1, 0.15) is 6.04 Å². The van der Waals surface area contributed by atoms with Crippen LogP contribution in [0, 0.1) is 5.92 Å². The quantitative estimate of drug-likeness (QED) is 0.707. The zero-order valence-corrected chi connectivity index (χ0v) is 14.7. The van der Waals surface area contributed by atoms with Gasteiger partial charge in [-0.15, -0.1) is 0 Å². The monoisotopic (exact) mass is 392 g/mol. The lowest BCUT2D eigenvalue weighted by Crippen LogP contribution is -2.54.